The monoisotopic (exact) mass is 464 g/mol. The van der Waals surface area contributed by atoms with Crippen LogP contribution < -0.4 is 0 Å². The Balaban J connectivity index is 0.000000176. The maximum Gasteiger partial charge on any atom is 0.0998 e. The molecule has 0 radical (unpaired) electrons. The molecule has 0 bridgehead atoms. The molecule has 0 unspecified atom stereocenters. The fourth-order valence-electron chi connectivity index (χ4n) is 3.17. The van der Waals surface area contributed by atoms with Crippen molar-refractivity contribution in [2.75, 3.05) is 0 Å². The molecule has 4 rings (SSSR count). The molecule has 0 N–H and O–H groups in total. The molecule has 150 valence electrons. The number of aryl methyl sites for hydroxylation is 1. The van der Waals surface area contributed by atoms with E-state index in [0.29, 0.717) is 5.56 Å². The maximum absolute atomic E-state index is 9.02. The zero-order chi connectivity index (χ0) is 22.1. The molecule has 3 heteroatoms. The van der Waals surface area contributed by atoms with Gasteiger partial charge in [0.05, 0.1) is 23.3 Å². The number of hydrogen-bond acceptors (Lipinski definition) is 2. The average molecular weight is 465 g/mol. The molecule has 31 heavy (non-hydrogen) atoms. The maximum atomic E-state index is 9.02. The second kappa shape index (κ2) is 10.9. The summed E-state index contributed by atoms with van der Waals surface area (Å²) in [6.45, 7) is 2.06. The molecule has 4 aromatic carbocycles. The molecule has 0 aliphatic heterocycles. The third-order valence-electron chi connectivity index (χ3n) is 4.88. The van der Waals surface area contributed by atoms with Gasteiger partial charge >= 0.3 is 0 Å². The molecule has 0 fully saturated rings. The minimum atomic E-state index is 0.717. The van der Waals surface area contributed by atoms with Crippen LogP contribution in [0.3, 0.4) is 0 Å². The number of halogens is 1. The van der Waals surface area contributed by atoms with E-state index in [1.54, 1.807) is 0 Å². The SMILES string of the molecule is Cc1ccc(-c2ccccc2C#N)cc1.N#Cc1ccccc1-c1ccc(CBr)cc1. The molecule has 0 atom stereocenters. The van der Waals surface area contributed by atoms with Gasteiger partial charge in [0.1, 0.15) is 0 Å². The van der Waals surface area contributed by atoms with E-state index < -0.39 is 0 Å². The van der Waals surface area contributed by atoms with Crippen LogP contribution in [0.2, 0.25) is 0 Å². The lowest BCUT2D eigenvalue weighted by Crippen LogP contribution is -1.84. The smallest absolute Gasteiger partial charge is 0.0998 e. The molecular formula is C28H21BrN2. The zero-order valence-corrected chi connectivity index (χ0v) is 18.8. The molecule has 2 nitrogen and oxygen atoms in total. The summed E-state index contributed by atoms with van der Waals surface area (Å²) in [5.41, 5.74) is 8.08. The Bertz CT molecular complexity index is 1230. The second-order valence-corrected chi connectivity index (χ2v) is 7.57. The molecule has 4 aromatic rings. The summed E-state index contributed by atoms with van der Waals surface area (Å²) in [5.74, 6) is 0. The van der Waals surface area contributed by atoms with Crippen molar-refractivity contribution in [1.82, 2.24) is 0 Å². The Morgan fingerprint density at radius 3 is 1.45 bits per heavy atom. The lowest BCUT2D eigenvalue weighted by atomic mass is 10.00. The topological polar surface area (TPSA) is 47.6 Å². The molecule has 0 amide bonds. The molecule has 0 aliphatic rings. The Morgan fingerprint density at radius 2 is 1.03 bits per heavy atom. The number of rotatable bonds is 3. The van der Waals surface area contributed by atoms with E-state index in [-0.39, 0.29) is 0 Å². The van der Waals surface area contributed by atoms with Crippen molar-refractivity contribution >= 4 is 15.9 Å². The highest BCUT2D eigenvalue weighted by Gasteiger charge is 2.03. The largest absolute Gasteiger partial charge is 0.192 e. The minimum absolute atomic E-state index is 0.717. The van der Waals surface area contributed by atoms with Crippen LogP contribution in [0.4, 0.5) is 0 Å². The predicted molar refractivity (Wildman–Crippen MR) is 131 cm³/mol. The molecule has 0 aromatic heterocycles. The van der Waals surface area contributed by atoms with E-state index in [1.165, 1.54) is 11.1 Å². The van der Waals surface area contributed by atoms with Gasteiger partial charge in [-0.15, -0.1) is 0 Å². The minimum Gasteiger partial charge on any atom is -0.192 e. The first-order chi connectivity index (χ1) is 15.2. The highest BCUT2D eigenvalue weighted by molar-refractivity contribution is 9.08. The van der Waals surface area contributed by atoms with Gasteiger partial charge in [-0.3, -0.25) is 0 Å². The Hall–Kier alpha value is -3.66. The third-order valence-corrected chi connectivity index (χ3v) is 5.52. The van der Waals surface area contributed by atoms with Gasteiger partial charge < -0.3 is 0 Å². The van der Waals surface area contributed by atoms with E-state index in [9.17, 15) is 0 Å². The Kier molecular flexibility index (Phi) is 7.77. The van der Waals surface area contributed by atoms with Crippen molar-refractivity contribution in [2.45, 2.75) is 12.3 Å². The first-order valence-corrected chi connectivity index (χ1v) is 11.0. The van der Waals surface area contributed by atoms with Gasteiger partial charge in [-0.2, -0.15) is 10.5 Å². The Labute approximate surface area is 192 Å². The molecular weight excluding hydrogens is 444 g/mol. The normalized spacial score (nSPS) is 9.68. The highest BCUT2D eigenvalue weighted by atomic mass is 79.9. The van der Waals surface area contributed by atoms with Gasteiger partial charge in [0.2, 0.25) is 0 Å². The number of nitriles is 2. The number of alkyl halides is 1. The fourth-order valence-corrected chi connectivity index (χ4v) is 3.55. The molecule has 0 saturated carbocycles. The van der Waals surface area contributed by atoms with Crippen LogP contribution in [-0.4, -0.2) is 0 Å². The van der Waals surface area contributed by atoms with Gasteiger partial charge in [0.15, 0.2) is 0 Å². The fraction of sp³-hybridized carbons (Fsp3) is 0.0714. The lowest BCUT2D eigenvalue weighted by Gasteiger charge is -2.04. The van der Waals surface area contributed by atoms with Gasteiger partial charge in [-0.05, 0) is 46.9 Å². The summed E-state index contributed by atoms with van der Waals surface area (Å²) in [6, 6.07) is 36.2. The second-order valence-electron chi connectivity index (χ2n) is 7.01. The predicted octanol–water partition coefficient (Wildman–Crippen LogP) is 7.65. The van der Waals surface area contributed by atoms with E-state index >= 15 is 0 Å². The van der Waals surface area contributed by atoms with E-state index in [0.717, 1.165) is 33.1 Å². The van der Waals surface area contributed by atoms with Crippen molar-refractivity contribution in [2.24, 2.45) is 0 Å². The molecule has 0 saturated heterocycles. The quantitative estimate of drug-likeness (QED) is 0.292. The summed E-state index contributed by atoms with van der Waals surface area (Å²) in [7, 11) is 0. The molecule has 0 aliphatic carbocycles. The third kappa shape index (κ3) is 5.70. The van der Waals surface area contributed by atoms with Crippen molar-refractivity contribution in [3.8, 4) is 34.4 Å². The van der Waals surface area contributed by atoms with E-state index in [2.05, 4.69) is 59.3 Å². The van der Waals surface area contributed by atoms with Gasteiger partial charge in [-0.25, -0.2) is 0 Å². The van der Waals surface area contributed by atoms with Crippen molar-refractivity contribution in [3.05, 3.63) is 119 Å². The van der Waals surface area contributed by atoms with Crippen LogP contribution in [0.15, 0.2) is 97.1 Å². The van der Waals surface area contributed by atoms with E-state index in [1.807, 2.05) is 72.8 Å². The number of hydrogen-bond donors (Lipinski definition) is 0. The van der Waals surface area contributed by atoms with E-state index in [4.69, 9.17) is 10.5 Å². The number of benzene rings is 4. The lowest BCUT2D eigenvalue weighted by molar-refractivity contribution is 1.43. The molecule has 0 spiro atoms. The standard InChI is InChI=1S/C14H10BrN.C14H11N/c15-9-11-5-7-12(8-6-11)14-4-2-1-3-13(14)10-16;1-11-6-8-12(9-7-11)14-5-3-2-4-13(14)10-15/h1-8H,9H2;2-9H,1H3. The summed E-state index contributed by atoms with van der Waals surface area (Å²) < 4.78 is 0. The highest BCUT2D eigenvalue weighted by Crippen LogP contribution is 2.24. The van der Waals surface area contributed by atoms with Crippen molar-refractivity contribution in [3.63, 3.8) is 0 Å². The van der Waals surface area contributed by atoms with Crippen LogP contribution in [0.1, 0.15) is 22.3 Å². The molecule has 0 heterocycles. The van der Waals surface area contributed by atoms with Crippen LogP contribution in [0.5, 0.6) is 0 Å². The summed E-state index contributed by atoms with van der Waals surface area (Å²) in [5, 5.41) is 18.9. The first-order valence-electron chi connectivity index (χ1n) is 9.87. The van der Waals surface area contributed by atoms with Crippen LogP contribution >= 0.6 is 15.9 Å². The summed E-state index contributed by atoms with van der Waals surface area (Å²) >= 11 is 3.41. The van der Waals surface area contributed by atoms with Crippen LogP contribution in [0, 0.1) is 29.6 Å². The first kappa shape index (κ1) is 22.0. The van der Waals surface area contributed by atoms with Crippen molar-refractivity contribution in [1.29, 1.82) is 10.5 Å². The summed E-state index contributed by atoms with van der Waals surface area (Å²) in [4.78, 5) is 0. The Morgan fingerprint density at radius 1 is 0.613 bits per heavy atom. The average Bonchev–Trinajstić information content (AvgIpc) is 2.85. The van der Waals surface area contributed by atoms with Gasteiger partial charge in [0, 0.05) is 5.33 Å². The zero-order valence-electron chi connectivity index (χ0n) is 17.2. The van der Waals surface area contributed by atoms with Gasteiger partial charge in [0.25, 0.3) is 0 Å². The summed E-state index contributed by atoms with van der Waals surface area (Å²) in [6.07, 6.45) is 0. The van der Waals surface area contributed by atoms with Crippen molar-refractivity contribution < 1.29 is 0 Å². The number of nitrogens with zero attached hydrogens (tertiary/aromatic N) is 2. The van der Waals surface area contributed by atoms with Crippen LogP contribution in [-0.2, 0) is 5.33 Å². The van der Waals surface area contributed by atoms with Crippen LogP contribution in [0.25, 0.3) is 22.3 Å². The van der Waals surface area contributed by atoms with Gasteiger partial charge in [-0.1, -0.05) is 106 Å².